The third-order valence-corrected chi connectivity index (χ3v) is 3.97. The molecular weight excluding hydrogens is 242 g/mol. The Hall–Kier alpha value is -1.43. The summed E-state index contributed by atoms with van der Waals surface area (Å²) in [6.07, 6.45) is 3.74. The normalized spacial score (nSPS) is 18.6. The largest absolute Gasteiger partial charge is 0.336 e. The first kappa shape index (κ1) is 14.0. The lowest BCUT2D eigenvalue weighted by molar-refractivity contribution is 0.0650. The molecule has 1 aliphatic rings. The third-order valence-electron chi connectivity index (χ3n) is 3.97. The van der Waals surface area contributed by atoms with Gasteiger partial charge in [-0.1, -0.05) is 6.92 Å². The number of rotatable bonds is 4. The van der Waals surface area contributed by atoms with Crippen molar-refractivity contribution in [3.63, 3.8) is 0 Å². The van der Waals surface area contributed by atoms with E-state index >= 15 is 0 Å². The van der Waals surface area contributed by atoms with Crippen LogP contribution >= 0.6 is 0 Å². The fourth-order valence-corrected chi connectivity index (χ4v) is 2.33. The summed E-state index contributed by atoms with van der Waals surface area (Å²) in [6, 6.07) is 0. The number of aromatic amines is 1. The van der Waals surface area contributed by atoms with Crippen molar-refractivity contribution in [3.05, 3.63) is 11.6 Å². The second-order valence-electron chi connectivity index (χ2n) is 5.46. The van der Waals surface area contributed by atoms with Crippen LogP contribution < -0.4 is 5.32 Å². The lowest BCUT2D eigenvalue weighted by Gasteiger charge is -2.38. The number of amides is 1. The predicted octanol–water partition coefficient (Wildman–Crippen LogP) is 0.971. The van der Waals surface area contributed by atoms with Gasteiger partial charge in [0.1, 0.15) is 5.82 Å². The number of carbonyl (C=O) groups excluding carboxylic acids is 1. The number of likely N-dealkylation sites (tertiary alicyclic amines) is 1. The standard InChI is InChI=1S/C13H23N5O/c1-4-5-10-15-11(17-16-10)12(19)18-8-6-13(2,14-3)7-9-18/h14H,4-9H2,1-3H3,(H,15,16,17). The van der Waals surface area contributed by atoms with E-state index in [0.29, 0.717) is 5.82 Å². The third kappa shape index (κ3) is 3.12. The molecule has 0 saturated carbocycles. The highest BCUT2D eigenvalue weighted by Gasteiger charge is 2.31. The number of nitrogens with one attached hydrogen (secondary N) is 2. The quantitative estimate of drug-likeness (QED) is 0.851. The summed E-state index contributed by atoms with van der Waals surface area (Å²) >= 11 is 0. The van der Waals surface area contributed by atoms with Crippen LogP contribution in [0.2, 0.25) is 0 Å². The Labute approximate surface area is 114 Å². The maximum Gasteiger partial charge on any atom is 0.293 e. The van der Waals surface area contributed by atoms with E-state index in [0.717, 1.165) is 44.6 Å². The minimum Gasteiger partial charge on any atom is -0.336 e. The zero-order chi connectivity index (χ0) is 13.9. The van der Waals surface area contributed by atoms with Crippen LogP contribution in [0.3, 0.4) is 0 Å². The van der Waals surface area contributed by atoms with Crippen molar-refractivity contribution >= 4 is 5.91 Å². The SMILES string of the molecule is CCCc1nc(C(=O)N2CCC(C)(NC)CC2)n[nH]1. The summed E-state index contributed by atoms with van der Waals surface area (Å²) in [5.74, 6) is 1.04. The first-order valence-corrected chi connectivity index (χ1v) is 6.97. The Kier molecular flexibility index (Phi) is 4.19. The molecule has 1 aromatic heterocycles. The van der Waals surface area contributed by atoms with Gasteiger partial charge in [0, 0.05) is 25.0 Å². The van der Waals surface area contributed by atoms with Gasteiger partial charge in [0.15, 0.2) is 0 Å². The minimum atomic E-state index is -0.0586. The number of aromatic nitrogens is 3. The van der Waals surface area contributed by atoms with Gasteiger partial charge in [-0.25, -0.2) is 4.98 Å². The summed E-state index contributed by atoms with van der Waals surface area (Å²) < 4.78 is 0. The summed E-state index contributed by atoms with van der Waals surface area (Å²) in [7, 11) is 1.98. The van der Waals surface area contributed by atoms with E-state index in [1.807, 2.05) is 11.9 Å². The monoisotopic (exact) mass is 265 g/mol. The molecule has 1 saturated heterocycles. The second-order valence-corrected chi connectivity index (χ2v) is 5.46. The highest BCUT2D eigenvalue weighted by atomic mass is 16.2. The predicted molar refractivity (Wildman–Crippen MR) is 73.0 cm³/mol. The molecule has 0 aliphatic carbocycles. The molecule has 2 N–H and O–H groups in total. The van der Waals surface area contributed by atoms with Crippen LogP contribution in [0.5, 0.6) is 0 Å². The van der Waals surface area contributed by atoms with Gasteiger partial charge < -0.3 is 10.2 Å². The van der Waals surface area contributed by atoms with Gasteiger partial charge in [-0.2, -0.15) is 0 Å². The molecule has 0 unspecified atom stereocenters. The molecule has 0 spiro atoms. The van der Waals surface area contributed by atoms with Crippen LogP contribution in [0.15, 0.2) is 0 Å². The highest BCUT2D eigenvalue weighted by Crippen LogP contribution is 2.21. The van der Waals surface area contributed by atoms with E-state index in [1.165, 1.54) is 0 Å². The second kappa shape index (κ2) is 5.69. The zero-order valence-electron chi connectivity index (χ0n) is 12.0. The van der Waals surface area contributed by atoms with Crippen LogP contribution in [-0.4, -0.2) is 51.7 Å². The molecule has 0 aromatic carbocycles. The maximum atomic E-state index is 12.3. The number of carbonyl (C=O) groups is 1. The molecular formula is C13H23N5O. The van der Waals surface area contributed by atoms with Gasteiger partial charge in [0.25, 0.3) is 5.91 Å². The van der Waals surface area contributed by atoms with Gasteiger partial charge in [-0.05, 0) is 33.2 Å². The molecule has 1 aliphatic heterocycles. The zero-order valence-corrected chi connectivity index (χ0v) is 12.0. The molecule has 0 atom stereocenters. The number of aryl methyl sites for hydroxylation is 1. The Morgan fingerprint density at radius 2 is 2.16 bits per heavy atom. The first-order chi connectivity index (χ1) is 9.08. The van der Waals surface area contributed by atoms with Crippen molar-refractivity contribution in [2.24, 2.45) is 0 Å². The molecule has 6 heteroatoms. The Morgan fingerprint density at radius 1 is 1.47 bits per heavy atom. The Balaban J connectivity index is 1.97. The average Bonchev–Trinajstić information content (AvgIpc) is 2.88. The Morgan fingerprint density at radius 3 is 2.74 bits per heavy atom. The topological polar surface area (TPSA) is 73.9 Å². The average molecular weight is 265 g/mol. The fourth-order valence-electron chi connectivity index (χ4n) is 2.33. The maximum absolute atomic E-state index is 12.3. The van der Waals surface area contributed by atoms with Gasteiger partial charge in [0.2, 0.25) is 5.82 Å². The lowest BCUT2D eigenvalue weighted by Crippen LogP contribution is -2.51. The van der Waals surface area contributed by atoms with Gasteiger partial charge in [-0.15, -0.1) is 5.10 Å². The van der Waals surface area contributed by atoms with E-state index in [2.05, 4.69) is 34.3 Å². The molecule has 1 amide bonds. The summed E-state index contributed by atoms with van der Waals surface area (Å²) in [5.41, 5.74) is 0.142. The van der Waals surface area contributed by atoms with Crippen LogP contribution in [0.1, 0.15) is 49.6 Å². The van der Waals surface area contributed by atoms with E-state index < -0.39 is 0 Å². The molecule has 2 heterocycles. The number of nitrogens with zero attached hydrogens (tertiary/aromatic N) is 3. The van der Waals surface area contributed by atoms with Crippen molar-refractivity contribution in [1.29, 1.82) is 0 Å². The van der Waals surface area contributed by atoms with Crippen LogP contribution in [0, 0.1) is 0 Å². The van der Waals surface area contributed by atoms with Crippen molar-refractivity contribution in [2.45, 2.75) is 45.1 Å². The van der Waals surface area contributed by atoms with Crippen molar-refractivity contribution in [3.8, 4) is 0 Å². The number of hydrogen-bond acceptors (Lipinski definition) is 4. The van der Waals surface area contributed by atoms with E-state index in [9.17, 15) is 4.79 Å². The molecule has 106 valence electrons. The van der Waals surface area contributed by atoms with E-state index in [1.54, 1.807) is 0 Å². The molecule has 2 rings (SSSR count). The van der Waals surface area contributed by atoms with Crippen molar-refractivity contribution in [1.82, 2.24) is 25.4 Å². The lowest BCUT2D eigenvalue weighted by atomic mass is 9.90. The summed E-state index contributed by atoms with van der Waals surface area (Å²) in [4.78, 5) is 18.4. The fraction of sp³-hybridized carbons (Fsp3) is 0.769. The highest BCUT2D eigenvalue weighted by molar-refractivity contribution is 5.90. The molecule has 19 heavy (non-hydrogen) atoms. The van der Waals surface area contributed by atoms with E-state index in [4.69, 9.17) is 0 Å². The van der Waals surface area contributed by atoms with E-state index in [-0.39, 0.29) is 11.4 Å². The molecule has 6 nitrogen and oxygen atoms in total. The van der Waals surface area contributed by atoms with Crippen LogP contribution in [-0.2, 0) is 6.42 Å². The van der Waals surface area contributed by atoms with Crippen LogP contribution in [0.4, 0.5) is 0 Å². The number of H-pyrrole nitrogens is 1. The molecule has 1 aromatic rings. The van der Waals surface area contributed by atoms with Gasteiger partial charge in [-0.3, -0.25) is 9.89 Å². The van der Waals surface area contributed by atoms with Gasteiger partial charge in [0.05, 0.1) is 0 Å². The summed E-state index contributed by atoms with van der Waals surface area (Å²) in [6.45, 7) is 5.79. The smallest absolute Gasteiger partial charge is 0.293 e. The van der Waals surface area contributed by atoms with Crippen molar-refractivity contribution in [2.75, 3.05) is 20.1 Å². The first-order valence-electron chi connectivity index (χ1n) is 6.97. The summed E-state index contributed by atoms with van der Waals surface area (Å²) in [5, 5.41) is 10.2. The number of hydrogen-bond donors (Lipinski definition) is 2. The van der Waals surface area contributed by atoms with Crippen LogP contribution in [0.25, 0.3) is 0 Å². The Bertz CT molecular complexity index is 434. The molecule has 0 bridgehead atoms. The van der Waals surface area contributed by atoms with Crippen molar-refractivity contribution < 1.29 is 4.79 Å². The molecule has 1 fully saturated rings. The van der Waals surface area contributed by atoms with Gasteiger partial charge >= 0.3 is 0 Å². The minimum absolute atomic E-state index is 0.0586. The number of piperidine rings is 1. The molecule has 0 radical (unpaired) electrons.